The summed E-state index contributed by atoms with van der Waals surface area (Å²) in [6, 6.07) is 0. The molecule has 0 fully saturated rings. The Balaban J connectivity index is 1.99. The van der Waals surface area contributed by atoms with Gasteiger partial charge in [-0.15, -0.1) is 0 Å². The SMILES string of the molecule is CC1(C)CCC=C(C2CC=C(CO)CC2)C1. The fourth-order valence-corrected chi connectivity index (χ4v) is 3.04. The van der Waals surface area contributed by atoms with Crippen LogP contribution in [0.4, 0.5) is 0 Å². The van der Waals surface area contributed by atoms with E-state index in [2.05, 4.69) is 26.0 Å². The van der Waals surface area contributed by atoms with E-state index >= 15 is 0 Å². The molecule has 0 aromatic heterocycles. The average molecular weight is 220 g/mol. The van der Waals surface area contributed by atoms with E-state index < -0.39 is 0 Å². The summed E-state index contributed by atoms with van der Waals surface area (Å²) in [7, 11) is 0. The number of allylic oxidation sites excluding steroid dienone is 3. The number of rotatable bonds is 2. The van der Waals surface area contributed by atoms with Crippen molar-refractivity contribution in [1.29, 1.82) is 0 Å². The number of hydrogen-bond donors (Lipinski definition) is 1. The molecular formula is C15H24O. The summed E-state index contributed by atoms with van der Waals surface area (Å²) in [5.41, 5.74) is 3.43. The monoisotopic (exact) mass is 220 g/mol. The lowest BCUT2D eigenvalue weighted by atomic mass is 9.71. The molecule has 0 spiro atoms. The zero-order chi connectivity index (χ0) is 11.6. The number of aliphatic hydroxyl groups is 1. The third-order valence-corrected chi connectivity index (χ3v) is 4.14. The summed E-state index contributed by atoms with van der Waals surface area (Å²) >= 11 is 0. The maximum absolute atomic E-state index is 9.09. The minimum atomic E-state index is 0.261. The zero-order valence-corrected chi connectivity index (χ0v) is 10.6. The van der Waals surface area contributed by atoms with Crippen molar-refractivity contribution in [2.45, 2.75) is 52.4 Å². The van der Waals surface area contributed by atoms with Crippen molar-refractivity contribution in [3.63, 3.8) is 0 Å². The molecular weight excluding hydrogens is 196 g/mol. The van der Waals surface area contributed by atoms with Gasteiger partial charge in [0.1, 0.15) is 0 Å². The van der Waals surface area contributed by atoms with Gasteiger partial charge in [0.05, 0.1) is 6.61 Å². The number of hydrogen-bond acceptors (Lipinski definition) is 1. The lowest BCUT2D eigenvalue weighted by molar-refractivity contribution is 0.293. The van der Waals surface area contributed by atoms with Crippen molar-refractivity contribution in [1.82, 2.24) is 0 Å². The van der Waals surface area contributed by atoms with E-state index in [4.69, 9.17) is 5.11 Å². The molecule has 0 aromatic rings. The molecule has 2 rings (SSSR count). The van der Waals surface area contributed by atoms with Crippen LogP contribution in [0.25, 0.3) is 0 Å². The average Bonchev–Trinajstić information content (AvgIpc) is 2.28. The van der Waals surface area contributed by atoms with Crippen molar-refractivity contribution in [2.24, 2.45) is 11.3 Å². The lowest BCUT2D eigenvalue weighted by Gasteiger charge is -2.34. The standard InChI is InChI=1S/C15H24O/c1-15(2)9-3-4-14(10-15)13-7-5-12(11-16)6-8-13/h4-5,13,16H,3,6-11H2,1-2H3. The third-order valence-electron chi connectivity index (χ3n) is 4.14. The van der Waals surface area contributed by atoms with Gasteiger partial charge in [-0.2, -0.15) is 0 Å². The first-order chi connectivity index (χ1) is 7.61. The fraction of sp³-hybridized carbons (Fsp3) is 0.733. The second kappa shape index (κ2) is 4.75. The molecule has 0 radical (unpaired) electrons. The van der Waals surface area contributed by atoms with E-state index in [1.807, 2.05) is 0 Å². The smallest absolute Gasteiger partial charge is 0.0641 e. The Morgan fingerprint density at radius 2 is 2.19 bits per heavy atom. The zero-order valence-electron chi connectivity index (χ0n) is 10.6. The molecule has 0 amide bonds. The van der Waals surface area contributed by atoms with Gasteiger partial charge in [0.15, 0.2) is 0 Å². The minimum Gasteiger partial charge on any atom is -0.392 e. The van der Waals surface area contributed by atoms with Gasteiger partial charge in [-0.05, 0) is 55.4 Å². The van der Waals surface area contributed by atoms with Crippen LogP contribution in [0, 0.1) is 11.3 Å². The van der Waals surface area contributed by atoms with Gasteiger partial charge in [0.25, 0.3) is 0 Å². The molecule has 1 nitrogen and oxygen atoms in total. The minimum absolute atomic E-state index is 0.261. The number of aliphatic hydroxyl groups excluding tert-OH is 1. The largest absolute Gasteiger partial charge is 0.392 e. The van der Waals surface area contributed by atoms with Crippen LogP contribution in [0.5, 0.6) is 0 Å². The first-order valence-corrected chi connectivity index (χ1v) is 6.58. The Labute approximate surface area is 99.3 Å². The van der Waals surface area contributed by atoms with Gasteiger partial charge >= 0.3 is 0 Å². The molecule has 16 heavy (non-hydrogen) atoms. The van der Waals surface area contributed by atoms with E-state index in [1.165, 1.54) is 31.3 Å². The van der Waals surface area contributed by atoms with Crippen LogP contribution < -0.4 is 0 Å². The van der Waals surface area contributed by atoms with Crippen molar-refractivity contribution >= 4 is 0 Å². The fourth-order valence-electron chi connectivity index (χ4n) is 3.04. The Hall–Kier alpha value is -0.560. The molecule has 0 aliphatic heterocycles. The van der Waals surface area contributed by atoms with Crippen molar-refractivity contribution in [3.8, 4) is 0 Å². The summed E-state index contributed by atoms with van der Waals surface area (Å²) < 4.78 is 0. The molecule has 1 N–H and O–H groups in total. The first kappa shape index (κ1) is 11.9. The molecule has 90 valence electrons. The first-order valence-electron chi connectivity index (χ1n) is 6.58. The molecule has 2 aliphatic rings. The van der Waals surface area contributed by atoms with Crippen molar-refractivity contribution in [2.75, 3.05) is 6.61 Å². The molecule has 1 atom stereocenters. The summed E-state index contributed by atoms with van der Waals surface area (Å²) in [5, 5.41) is 9.09. The summed E-state index contributed by atoms with van der Waals surface area (Å²) in [4.78, 5) is 0. The van der Waals surface area contributed by atoms with Gasteiger partial charge in [0.2, 0.25) is 0 Å². The highest BCUT2D eigenvalue weighted by Crippen LogP contribution is 2.41. The Bertz CT molecular complexity index is 309. The van der Waals surface area contributed by atoms with Crippen LogP contribution in [0.15, 0.2) is 23.3 Å². The van der Waals surface area contributed by atoms with Crippen LogP contribution in [-0.4, -0.2) is 11.7 Å². The molecule has 0 saturated heterocycles. The molecule has 0 saturated carbocycles. The van der Waals surface area contributed by atoms with Crippen molar-refractivity contribution < 1.29 is 5.11 Å². The van der Waals surface area contributed by atoms with Crippen LogP contribution in [0.1, 0.15) is 52.4 Å². The van der Waals surface area contributed by atoms with Crippen LogP contribution in [0.2, 0.25) is 0 Å². The topological polar surface area (TPSA) is 20.2 Å². The van der Waals surface area contributed by atoms with E-state index in [9.17, 15) is 0 Å². The van der Waals surface area contributed by atoms with E-state index in [1.54, 1.807) is 5.57 Å². The molecule has 0 bridgehead atoms. The summed E-state index contributed by atoms with van der Waals surface area (Å²) in [5.74, 6) is 0.759. The maximum atomic E-state index is 9.09. The predicted octanol–water partition coefficient (Wildman–Crippen LogP) is 3.84. The van der Waals surface area contributed by atoms with E-state index in [0.29, 0.717) is 5.41 Å². The van der Waals surface area contributed by atoms with E-state index in [-0.39, 0.29) is 6.61 Å². The van der Waals surface area contributed by atoms with E-state index in [0.717, 1.165) is 18.8 Å². The van der Waals surface area contributed by atoms with Gasteiger partial charge in [-0.25, -0.2) is 0 Å². The highest BCUT2D eigenvalue weighted by atomic mass is 16.3. The summed E-state index contributed by atoms with van der Waals surface area (Å²) in [6.45, 7) is 5.03. The highest BCUT2D eigenvalue weighted by molar-refractivity contribution is 5.18. The van der Waals surface area contributed by atoms with Gasteiger partial charge in [-0.3, -0.25) is 0 Å². The van der Waals surface area contributed by atoms with Gasteiger partial charge in [-0.1, -0.05) is 31.6 Å². The quantitative estimate of drug-likeness (QED) is 0.701. The second-order valence-corrected chi connectivity index (χ2v) is 6.15. The predicted molar refractivity (Wildman–Crippen MR) is 68.2 cm³/mol. The molecule has 1 heteroatoms. The lowest BCUT2D eigenvalue weighted by Crippen LogP contribution is -2.21. The van der Waals surface area contributed by atoms with Crippen LogP contribution in [0.3, 0.4) is 0 Å². The van der Waals surface area contributed by atoms with Gasteiger partial charge in [0, 0.05) is 0 Å². The van der Waals surface area contributed by atoms with Crippen LogP contribution >= 0.6 is 0 Å². The molecule has 0 heterocycles. The highest BCUT2D eigenvalue weighted by Gasteiger charge is 2.27. The Morgan fingerprint density at radius 3 is 2.75 bits per heavy atom. The van der Waals surface area contributed by atoms with Crippen molar-refractivity contribution in [3.05, 3.63) is 23.3 Å². The molecule has 1 unspecified atom stereocenters. The maximum Gasteiger partial charge on any atom is 0.0641 e. The second-order valence-electron chi connectivity index (χ2n) is 6.15. The Kier molecular flexibility index (Phi) is 3.53. The van der Waals surface area contributed by atoms with Gasteiger partial charge < -0.3 is 5.11 Å². The molecule has 2 aliphatic carbocycles. The summed E-state index contributed by atoms with van der Waals surface area (Å²) in [6.07, 6.45) is 12.1. The third kappa shape index (κ3) is 2.76. The van der Waals surface area contributed by atoms with Crippen LogP contribution in [-0.2, 0) is 0 Å². The normalized spacial score (nSPS) is 29.6. The Morgan fingerprint density at radius 1 is 1.38 bits per heavy atom. The molecule has 0 aromatic carbocycles.